The van der Waals surface area contributed by atoms with Crippen LogP contribution < -0.4 is 11.1 Å². The number of aromatic nitrogens is 2. The van der Waals surface area contributed by atoms with Crippen LogP contribution in [0, 0.1) is 0 Å². The van der Waals surface area contributed by atoms with E-state index in [1.165, 1.54) is 4.90 Å². The number of H-pyrrole nitrogens is 1. The van der Waals surface area contributed by atoms with Crippen LogP contribution in [0.5, 0.6) is 0 Å². The topological polar surface area (TPSA) is 104 Å². The van der Waals surface area contributed by atoms with Crippen LogP contribution in [-0.4, -0.2) is 47.0 Å². The van der Waals surface area contributed by atoms with Crippen molar-refractivity contribution < 1.29 is 9.59 Å². The number of anilines is 1. The highest BCUT2D eigenvalue weighted by Crippen LogP contribution is 2.18. The van der Waals surface area contributed by atoms with Gasteiger partial charge in [0, 0.05) is 25.2 Å². The molecular formula is C13H17N5O2. The predicted octanol–water partition coefficient (Wildman–Crippen LogP) is 0.352. The zero-order valence-electron chi connectivity index (χ0n) is 11.6. The standard InChI is InChI=1S/C13H17N5O2/c1-7(13(20)18(2)3)15-12(19)11-9-6-8(14)4-5-10(9)16-17-11/h4-7H,14H2,1-3H3,(H,15,19)(H,16,17). The Balaban J connectivity index is 2.24. The summed E-state index contributed by atoms with van der Waals surface area (Å²) in [6.07, 6.45) is 0. The summed E-state index contributed by atoms with van der Waals surface area (Å²) in [6.45, 7) is 1.63. The van der Waals surface area contributed by atoms with Crippen LogP contribution in [0.25, 0.3) is 10.9 Å². The summed E-state index contributed by atoms with van der Waals surface area (Å²) in [6, 6.07) is 4.53. The maximum atomic E-state index is 12.2. The van der Waals surface area contributed by atoms with Crippen LogP contribution in [0.1, 0.15) is 17.4 Å². The molecule has 1 heterocycles. The molecule has 1 atom stereocenters. The minimum Gasteiger partial charge on any atom is -0.399 e. The van der Waals surface area contributed by atoms with Gasteiger partial charge in [0.2, 0.25) is 5.91 Å². The Hall–Kier alpha value is -2.57. The number of rotatable bonds is 3. The van der Waals surface area contributed by atoms with Gasteiger partial charge in [-0.15, -0.1) is 0 Å². The lowest BCUT2D eigenvalue weighted by molar-refractivity contribution is -0.130. The van der Waals surface area contributed by atoms with E-state index >= 15 is 0 Å². The van der Waals surface area contributed by atoms with Gasteiger partial charge in [-0.25, -0.2) is 0 Å². The summed E-state index contributed by atoms with van der Waals surface area (Å²) >= 11 is 0. The second kappa shape index (κ2) is 5.20. The quantitative estimate of drug-likeness (QED) is 0.703. The lowest BCUT2D eigenvalue weighted by atomic mass is 10.1. The Kier molecular flexibility index (Phi) is 3.60. The van der Waals surface area contributed by atoms with E-state index in [9.17, 15) is 9.59 Å². The summed E-state index contributed by atoms with van der Waals surface area (Å²) in [5, 5.41) is 9.99. The Labute approximate surface area is 116 Å². The second-order valence-corrected chi connectivity index (χ2v) is 4.81. The maximum Gasteiger partial charge on any atom is 0.273 e. The van der Waals surface area contributed by atoms with Crippen molar-refractivity contribution in [3.63, 3.8) is 0 Å². The zero-order valence-corrected chi connectivity index (χ0v) is 11.6. The first-order valence-electron chi connectivity index (χ1n) is 6.15. The highest BCUT2D eigenvalue weighted by Gasteiger charge is 2.21. The van der Waals surface area contributed by atoms with E-state index in [0.29, 0.717) is 11.1 Å². The number of nitrogens with two attached hydrogens (primary N) is 1. The number of nitrogens with one attached hydrogen (secondary N) is 2. The fraction of sp³-hybridized carbons (Fsp3) is 0.308. The van der Waals surface area contributed by atoms with Crippen LogP contribution in [0.15, 0.2) is 18.2 Å². The second-order valence-electron chi connectivity index (χ2n) is 4.81. The van der Waals surface area contributed by atoms with E-state index < -0.39 is 11.9 Å². The Bertz CT molecular complexity index is 662. The lowest BCUT2D eigenvalue weighted by Gasteiger charge is -2.17. The molecule has 7 nitrogen and oxygen atoms in total. The smallest absolute Gasteiger partial charge is 0.273 e. The third-order valence-corrected chi connectivity index (χ3v) is 2.96. The van der Waals surface area contributed by atoms with Gasteiger partial charge < -0.3 is 16.0 Å². The molecule has 0 bridgehead atoms. The van der Waals surface area contributed by atoms with Crippen LogP contribution in [0.4, 0.5) is 5.69 Å². The van der Waals surface area contributed by atoms with Crippen molar-refractivity contribution in [2.75, 3.05) is 19.8 Å². The fourth-order valence-electron chi connectivity index (χ4n) is 1.92. The molecule has 2 amide bonds. The summed E-state index contributed by atoms with van der Waals surface area (Å²) < 4.78 is 0. The number of benzene rings is 1. The van der Waals surface area contributed by atoms with Crippen molar-refractivity contribution in [3.05, 3.63) is 23.9 Å². The molecule has 0 aliphatic heterocycles. The number of aromatic amines is 1. The number of amides is 2. The molecule has 0 aliphatic rings. The molecule has 2 aromatic rings. The molecule has 0 fully saturated rings. The normalized spacial score (nSPS) is 12.2. The van der Waals surface area contributed by atoms with Gasteiger partial charge in [0.05, 0.1) is 5.52 Å². The summed E-state index contributed by atoms with van der Waals surface area (Å²) in [5.41, 5.74) is 7.20. The zero-order chi connectivity index (χ0) is 14.9. The largest absolute Gasteiger partial charge is 0.399 e. The van der Waals surface area contributed by atoms with Crippen LogP contribution >= 0.6 is 0 Å². The molecule has 7 heteroatoms. The minimum absolute atomic E-state index is 0.183. The molecule has 0 aliphatic carbocycles. The number of carbonyl (C=O) groups is 2. The van der Waals surface area contributed by atoms with Gasteiger partial charge in [0.25, 0.3) is 5.91 Å². The maximum absolute atomic E-state index is 12.2. The molecular weight excluding hydrogens is 258 g/mol. The molecule has 1 aromatic heterocycles. The van der Waals surface area contributed by atoms with Crippen molar-refractivity contribution in [1.29, 1.82) is 0 Å². The highest BCUT2D eigenvalue weighted by atomic mass is 16.2. The van der Waals surface area contributed by atoms with E-state index in [1.54, 1.807) is 39.2 Å². The SMILES string of the molecule is CC(NC(=O)c1n[nH]c2ccc(N)cc12)C(=O)N(C)C. The van der Waals surface area contributed by atoms with E-state index in [2.05, 4.69) is 15.5 Å². The number of carbonyl (C=O) groups excluding carboxylic acids is 2. The summed E-state index contributed by atoms with van der Waals surface area (Å²) in [5.74, 6) is -0.595. The van der Waals surface area contributed by atoms with Gasteiger partial charge >= 0.3 is 0 Å². The van der Waals surface area contributed by atoms with Crippen LogP contribution in [0.2, 0.25) is 0 Å². The van der Waals surface area contributed by atoms with Crippen molar-refractivity contribution in [1.82, 2.24) is 20.4 Å². The Morgan fingerprint density at radius 1 is 1.40 bits per heavy atom. The monoisotopic (exact) mass is 275 g/mol. The average Bonchev–Trinajstić information content (AvgIpc) is 2.80. The molecule has 1 unspecified atom stereocenters. The number of nitrogen functional groups attached to an aromatic ring is 1. The van der Waals surface area contributed by atoms with Crippen molar-refractivity contribution in [2.45, 2.75) is 13.0 Å². The van der Waals surface area contributed by atoms with Gasteiger partial charge in [0.15, 0.2) is 5.69 Å². The van der Waals surface area contributed by atoms with E-state index in [0.717, 1.165) is 5.52 Å². The van der Waals surface area contributed by atoms with E-state index in [1.807, 2.05) is 0 Å². The molecule has 20 heavy (non-hydrogen) atoms. The average molecular weight is 275 g/mol. The predicted molar refractivity (Wildman–Crippen MR) is 76.1 cm³/mol. The molecule has 0 saturated heterocycles. The Morgan fingerprint density at radius 2 is 2.10 bits per heavy atom. The van der Waals surface area contributed by atoms with Crippen molar-refractivity contribution in [2.24, 2.45) is 0 Å². The highest BCUT2D eigenvalue weighted by molar-refractivity contribution is 6.06. The first-order valence-corrected chi connectivity index (χ1v) is 6.15. The molecule has 4 N–H and O–H groups in total. The lowest BCUT2D eigenvalue weighted by Crippen LogP contribution is -2.44. The van der Waals surface area contributed by atoms with Crippen LogP contribution in [-0.2, 0) is 4.79 Å². The first kappa shape index (κ1) is 13.9. The van der Waals surface area contributed by atoms with Gasteiger partial charge in [-0.3, -0.25) is 14.7 Å². The van der Waals surface area contributed by atoms with Gasteiger partial charge in [0.1, 0.15) is 6.04 Å². The minimum atomic E-state index is -0.620. The molecule has 106 valence electrons. The fourth-order valence-corrected chi connectivity index (χ4v) is 1.92. The van der Waals surface area contributed by atoms with E-state index in [4.69, 9.17) is 5.73 Å². The molecule has 2 rings (SSSR count). The van der Waals surface area contributed by atoms with Crippen molar-refractivity contribution in [3.8, 4) is 0 Å². The van der Waals surface area contributed by atoms with Crippen LogP contribution in [0.3, 0.4) is 0 Å². The number of hydrogen-bond acceptors (Lipinski definition) is 4. The summed E-state index contributed by atoms with van der Waals surface area (Å²) in [7, 11) is 3.27. The molecule has 0 radical (unpaired) electrons. The molecule has 0 spiro atoms. The van der Waals surface area contributed by atoms with Gasteiger partial charge in [-0.1, -0.05) is 0 Å². The number of fused-ring (bicyclic) bond motifs is 1. The van der Waals surface area contributed by atoms with Gasteiger partial charge in [-0.05, 0) is 25.1 Å². The first-order chi connectivity index (χ1) is 9.40. The van der Waals surface area contributed by atoms with Gasteiger partial charge in [-0.2, -0.15) is 5.10 Å². The Morgan fingerprint density at radius 3 is 2.75 bits per heavy atom. The molecule has 1 aromatic carbocycles. The number of nitrogens with zero attached hydrogens (tertiary/aromatic N) is 2. The molecule has 0 saturated carbocycles. The number of likely N-dealkylation sites (N-methyl/N-ethyl adjacent to an activating group) is 1. The third-order valence-electron chi connectivity index (χ3n) is 2.96. The summed E-state index contributed by atoms with van der Waals surface area (Å²) in [4.78, 5) is 25.3. The van der Waals surface area contributed by atoms with Crippen molar-refractivity contribution >= 4 is 28.4 Å². The third kappa shape index (κ3) is 2.56. The van der Waals surface area contributed by atoms with E-state index in [-0.39, 0.29) is 11.6 Å². The number of hydrogen-bond donors (Lipinski definition) is 3.